The van der Waals surface area contributed by atoms with Crippen molar-refractivity contribution in [2.75, 3.05) is 27.2 Å². The SMILES string of the molecule is CCCCC(=O)N1CCC(c2cccc(C)c2)(N(C)C)CC1. The lowest BCUT2D eigenvalue weighted by Gasteiger charge is -2.46. The second-order valence-electron chi connectivity index (χ2n) is 6.78. The standard InChI is InChI=1S/C19H30N2O/c1-5-6-10-18(22)21-13-11-19(12-14-21,20(3)4)17-9-7-8-16(2)15-17/h7-9,15H,5-6,10-14H2,1-4H3. The van der Waals surface area contributed by atoms with Crippen molar-refractivity contribution in [2.24, 2.45) is 0 Å². The molecule has 122 valence electrons. The smallest absolute Gasteiger partial charge is 0.222 e. The maximum absolute atomic E-state index is 12.2. The summed E-state index contributed by atoms with van der Waals surface area (Å²) in [5.41, 5.74) is 2.76. The molecule has 0 unspecified atom stereocenters. The van der Waals surface area contributed by atoms with Gasteiger partial charge in [0.25, 0.3) is 0 Å². The Kier molecular flexibility index (Phi) is 5.63. The second kappa shape index (κ2) is 7.28. The third-order valence-corrected chi connectivity index (χ3v) is 5.10. The highest BCUT2D eigenvalue weighted by atomic mass is 16.2. The number of amides is 1. The van der Waals surface area contributed by atoms with Crippen LogP contribution in [0.5, 0.6) is 0 Å². The topological polar surface area (TPSA) is 23.6 Å². The van der Waals surface area contributed by atoms with Crippen molar-refractivity contribution in [1.82, 2.24) is 9.80 Å². The number of piperidine rings is 1. The molecule has 1 aliphatic rings. The van der Waals surface area contributed by atoms with Gasteiger partial charge >= 0.3 is 0 Å². The van der Waals surface area contributed by atoms with Gasteiger partial charge in [0.15, 0.2) is 0 Å². The molecule has 22 heavy (non-hydrogen) atoms. The molecule has 0 bridgehead atoms. The summed E-state index contributed by atoms with van der Waals surface area (Å²) in [5, 5.41) is 0. The second-order valence-corrected chi connectivity index (χ2v) is 6.78. The Morgan fingerprint density at radius 3 is 2.50 bits per heavy atom. The Morgan fingerprint density at radius 2 is 1.95 bits per heavy atom. The summed E-state index contributed by atoms with van der Waals surface area (Å²) in [5.74, 6) is 0.332. The van der Waals surface area contributed by atoms with Crippen molar-refractivity contribution in [2.45, 2.75) is 51.5 Å². The van der Waals surface area contributed by atoms with Crippen molar-refractivity contribution in [1.29, 1.82) is 0 Å². The largest absolute Gasteiger partial charge is 0.343 e. The Morgan fingerprint density at radius 1 is 1.27 bits per heavy atom. The lowest BCUT2D eigenvalue weighted by atomic mass is 9.79. The first kappa shape index (κ1) is 17.0. The fourth-order valence-electron chi connectivity index (χ4n) is 3.54. The van der Waals surface area contributed by atoms with Gasteiger partial charge in [-0.1, -0.05) is 43.2 Å². The van der Waals surface area contributed by atoms with Gasteiger partial charge in [-0.2, -0.15) is 0 Å². The molecule has 1 amide bonds. The van der Waals surface area contributed by atoms with Gasteiger partial charge in [0.05, 0.1) is 0 Å². The molecule has 3 nitrogen and oxygen atoms in total. The average Bonchev–Trinajstić information content (AvgIpc) is 2.52. The predicted octanol–water partition coefficient (Wildman–Crippen LogP) is 3.56. The monoisotopic (exact) mass is 302 g/mol. The average molecular weight is 302 g/mol. The highest BCUT2D eigenvalue weighted by Gasteiger charge is 2.39. The van der Waals surface area contributed by atoms with Gasteiger partial charge in [-0.15, -0.1) is 0 Å². The molecule has 0 aromatic heterocycles. The first-order valence-corrected chi connectivity index (χ1v) is 8.52. The molecule has 0 atom stereocenters. The third-order valence-electron chi connectivity index (χ3n) is 5.10. The van der Waals surface area contributed by atoms with Crippen LogP contribution in [0.25, 0.3) is 0 Å². The molecule has 0 aliphatic carbocycles. The number of benzene rings is 1. The first-order valence-electron chi connectivity index (χ1n) is 8.52. The van der Waals surface area contributed by atoms with Crippen molar-refractivity contribution in [3.8, 4) is 0 Å². The van der Waals surface area contributed by atoms with Crippen LogP contribution in [-0.2, 0) is 10.3 Å². The molecule has 2 rings (SSSR count). The Hall–Kier alpha value is -1.35. The fraction of sp³-hybridized carbons (Fsp3) is 0.632. The van der Waals surface area contributed by atoms with E-state index in [4.69, 9.17) is 0 Å². The summed E-state index contributed by atoms with van der Waals surface area (Å²) < 4.78 is 0. The van der Waals surface area contributed by atoms with Gasteiger partial charge in [0.2, 0.25) is 5.91 Å². The normalized spacial score (nSPS) is 17.8. The van der Waals surface area contributed by atoms with Crippen molar-refractivity contribution >= 4 is 5.91 Å². The van der Waals surface area contributed by atoms with E-state index in [0.29, 0.717) is 12.3 Å². The molecule has 1 saturated heterocycles. The maximum atomic E-state index is 12.2. The van der Waals surface area contributed by atoms with Gasteiger partial charge in [0, 0.05) is 25.0 Å². The van der Waals surface area contributed by atoms with E-state index in [1.54, 1.807) is 0 Å². The van der Waals surface area contributed by atoms with Crippen LogP contribution in [0.2, 0.25) is 0 Å². The number of nitrogens with zero attached hydrogens (tertiary/aromatic N) is 2. The van der Waals surface area contributed by atoms with Crippen LogP contribution in [-0.4, -0.2) is 42.9 Å². The molecular weight excluding hydrogens is 272 g/mol. The van der Waals surface area contributed by atoms with Gasteiger partial charge in [-0.05, 0) is 45.8 Å². The van der Waals surface area contributed by atoms with E-state index in [1.807, 2.05) is 0 Å². The van der Waals surface area contributed by atoms with Crippen LogP contribution >= 0.6 is 0 Å². The number of carbonyl (C=O) groups is 1. The predicted molar refractivity (Wildman–Crippen MR) is 91.9 cm³/mol. The van der Waals surface area contributed by atoms with Gasteiger partial charge < -0.3 is 4.90 Å². The number of hydrogen-bond donors (Lipinski definition) is 0. The van der Waals surface area contributed by atoms with Crippen LogP contribution in [0, 0.1) is 6.92 Å². The molecular formula is C19H30N2O. The summed E-state index contributed by atoms with van der Waals surface area (Å²) in [4.78, 5) is 16.6. The highest BCUT2D eigenvalue weighted by Crippen LogP contribution is 2.37. The van der Waals surface area contributed by atoms with E-state index in [1.165, 1.54) is 11.1 Å². The zero-order chi connectivity index (χ0) is 16.2. The number of aryl methyl sites for hydroxylation is 1. The van der Waals surface area contributed by atoms with Gasteiger partial charge in [0.1, 0.15) is 0 Å². The lowest BCUT2D eigenvalue weighted by Crippen LogP contribution is -2.51. The van der Waals surface area contributed by atoms with Gasteiger partial charge in [-0.3, -0.25) is 9.69 Å². The zero-order valence-corrected chi connectivity index (χ0v) is 14.6. The molecule has 3 heteroatoms. The summed E-state index contributed by atoms with van der Waals surface area (Å²) in [6.07, 6.45) is 4.83. The van der Waals surface area contributed by atoms with E-state index in [0.717, 1.165) is 38.8 Å². The van der Waals surface area contributed by atoms with E-state index >= 15 is 0 Å². The minimum atomic E-state index is 0.0631. The number of rotatable bonds is 5. The number of carbonyl (C=O) groups excluding carboxylic acids is 1. The Bertz CT molecular complexity index is 502. The van der Waals surface area contributed by atoms with Crippen molar-refractivity contribution in [3.63, 3.8) is 0 Å². The summed E-state index contributed by atoms with van der Waals surface area (Å²) in [7, 11) is 4.33. The van der Waals surface area contributed by atoms with Crippen LogP contribution in [0.3, 0.4) is 0 Å². The van der Waals surface area contributed by atoms with Crippen molar-refractivity contribution in [3.05, 3.63) is 35.4 Å². The summed E-state index contributed by atoms with van der Waals surface area (Å²) >= 11 is 0. The fourth-order valence-corrected chi connectivity index (χ4v) is 3.54. The van der Waals surface area contributed by atoms with Crippen LogP contribution in [0.4, 0.5) is 0 Å². The Labute approximate surface area is 135 Å². The van der Waals surface area contributed by atoms with Gasteiger partial charge in [-0.25, -0.2) is 0 Å². The van der Waals surface area contributed by atoms with Crippen LogP contribution in [0.1, 0.15) is 50.2 Å². The lowest BCUT2D eigenvalue weighted by molar-refractivity contribution is -0.134. The molecule has 1 fully saturated rings. The minimum Gasteiger partial charge on any atom is -0.343 e. The number of likely N-dealkylation sites (tertiary alicyclic amines) is 1. The number of unbranched alkanes of at least 4 members (excludes halogenated alkanes) is 1. The van der Waals surface area contributed by atoms with E-state index < -0.39 is 0 Å². The maximum Gasteiger partial charge on any atom is 0.222 e. The molecule has 0 saturated carbocycles. The first-order chi connectivity index (χ1) is 10.5. The quantitative estimate of drug-likeness (QED) is 0.830. The van der Waals surface area contributed by atoms with Crippen molar-refractivity contribution < 1.29 is 4.79 Å². The van der Waals surface area contributed by atoms with E-state index in [-0.39, 0.29) is 5.54 Å². The highest BCUT2D eigenvalue weighted by molar-refractivity contribution is 5.76. The molecule has 1 aromatic carbocycles. The van der Waals surface area contributed by atoms with Crippen LogP contribution < -0.4 is 0 Å². The number of hydrogen-bond acceptors (Lipinski definition) is 2. The third kappa shape index (κ3) is 3.52. The molecule has 0 radical (unpaired) electrons. The summed E-state index contributed by atoms with van der Waals surface area (Å²) in [6, 6.07) is 8.83. The minimum absolute atomic E-state index is 0.0631. The molecule has 1 heterocycles. The van der Waals surface area contributed by atoms with E-state index in [2.05, 4.69) is 62.0 Å². The summed E-state index contributed by atoms with van der Waals surface area (Å²) in [6.45, 7) is 6.03. The molecule has 1 aromatic rings. The molecule has 0 spiro atoms. The Balaban J connectivity index is 2.12. The molecule has 1 aliphatic heterocycles. The van der Waals surface area contributed by atoms with Crippen LogP contribution in [0.15, 0.2) is 24.3 Å². The van der Waals surface area contributed by atoms with E-state index in [9.17, 15) is 4.79 Å². The molecule has 0 N–H and O–H groups in total. The zero-order valence-electron chi connectivity index (χ0n) is 14.6.